The molecule has 4 rings (SSSR count). The van der Waals surface area contributed by atoms with Crippen molar-refractivity contribution < 1.29 is 19.1 Å². The van der Waals surface area contributed by atoms with Crippen LogP contribution in [0.25, 0.3) is 0 Å². The van der Waals surface area contributed by atoms with Gasteiger partial charge in [-0.25, -0.2) is 14.6 Å². The molecule has 2 heterocycles. The molecule has 274 valence electrons. The van der Waals surface area contributed by atoms with Gasteiger partial charge in [-0.15, -0.1) is 22.7 Å². The molecule has 0 aliphatic rings. The molecule has 0 aliphatic heterocycles. The Morgan fingerprint density at radius 1 is 0.824 bits per heavy atom. The number of nitrogens with zero attached hydrogens (tertiary/aromatic N) is 4. The zero-order chi connectivity index (χ0) is 36.6. The van der Waals surface area contributed by atoms with Crippen molar-refractivity contribution >= 4 is 40.7 Å². The topological polar surface area (TPSA) is 129 Å². The predicted molar refractivity (Wildman–Crippen MR) is 204 cm³/mol. The molecule has 0 fully saturated rings. The number of carbonyl (C=O) groups excluding carboxylic acids is 3. The third-order valence-electron chi connectivity index (χ3n) is 8.30. The minimum Gasteiger partial charge on any atom is -0.444 e. The molecular formula is C38H51N7O4S2. The number of nitrogens with one attached hydrogen (secondary N) is 3. The number of ether oxygens (including phenoxy) is 1. The van der Waals surface area contributed by atoms with Crippen molar-refractivity contribution in [1.82, 2.24) is 35.7 Å². The zero-order valence-electron chi connectivity index (χ0n) is 30.2. The third kappa shape index (κ3) is 14.1. The van der Waals surface area contributed by atoms with Gasteiger partial charge in [-0.2, -0.15) is 0 Å². The monoisotopic (exact) mass is 733 g/mol. The summed E-state index contributed by atoms with van der Waals surface area (Å²) in [4.78, 5) is 53.4. The SMILES string of the molecule is CC(C)c1nc(CN(C)C(=O)N[C@@H](CCN(C)C)C(=O)N[C@H](CC[C@H](Cc2ccccc2)NC(=O)OCc2cncs2)Cc2ccccc2)cs1. The van der Waals surface area contributed by atoms with Crippen LogP contribution < -0.4 is 16.0 Å². The summed E-state index contributed by atoms with van der Waals surface area (Å²) in [6, 6.07) is 18.4. The molecule has 3 atom stereocenters. The maximum Gasteiger partial charge on any atom is 0.407 e. The van der Waals surface area contributed by atoms with E-state index in [0.29, 0.717) is 51.1 Å². The lowest BCUT2D eigenvalue weighted by molar-refractivity contribution is -0.124. The Morgan fingerprint density at radius 2 is 1.45 bits per heavy atom. The van der Waals surface area contributed by atoms with Crippen LogP contribution in [0.5, 0.6) is 0 Å². The quantitative estimate of drug-likeness (QED) is 0.104. The highest BCUT2D eigenvalue weighted by molar-refractivity contribution is 7.09. The first-order chi connectivity index (χ1) is 24.5. The van der Waals surface area contributed by atoms with Crippen molar-refractivity contribution in [1.29, 1.82) is 0 Å². The molecule has 4 aromatic rings. The number of amides is 4. The molecule has 0 radical (unpaired) electrons. The highest BCUT2D eigenvalue weighted by Crippen LogP contribution is 2.20. The summed E-state index contributed by atoms with van der Waals surface area (Å²) >= 11 is 3.02. The van der Waals surface area contributed by atoms with E-state index in [1.165, 1.54) is 11.3 Å². The number of aromatic nitrogens is 2. The molecule has 0 spiro atoms. The Balaban J connectivity index is 1.45. The van der Waals surface area contributed by atoms with Crippen molar-refractivity contribution in [3.63, 3.8) is 0 Å². The molecule has 2 aromatic heterocycles. The van der Waals surface area contributed by atoms with Gasteiger partial charge in [0.25, 0.3) is 0 Å². The van der Waals surface area contributed by atoms with E-state index in [1.807, 2.05) is 85.0 Å². The minimum absolute atomic E-state index is 0.152. The van der Waals surface area contributed by atoms with E-state index in [4.69, 9.17) is 4.74 Å². The van der Waals surface area contributed by atoms with E-state index < -0.39 is 12.1 Å². The maximum absolute atomic E-state index is 14.0. The van der Waals surface area contributed by atoms with Gasteiger partial charge in [-0.3, -0.25) is 9.78 Å². The Kier molecular flexibility index (Phi) is 15.9. The van der Waals surface area contributed by atoms with Gasteiger partial charge >= 0.3 is 12.1 Å². The zero-order valence-corrected chi connectivity index (χ0v) is 31.8. The van der Waals surface area contributed by atoms with Crippen molar-refractivity contribution in [3.05, 3.63) is 104 Å². The standard InChI is InChI=1S/C38H51N7O4S2/c1-27(2)36-41-32(25-50-36)23-45(5)37(47)43-34(18-19-44(3)4)35(46)40-30(20-28-12-8-6-9-13-28)16-17-31(21-29-14-10-7-11-15-29)42-38(48)49-24-33-22-39-26-51-33/h6-15,22,25-27,30-31,34H,16-21,23-24H2,1-5H3,(H,40,46)(H,42,48)(H,43,47)/t30-,31-,34+/m1/s1. The fourth-order valence-corrected chi connectivity index (χ4v) is 6.83. The van der Waals surface area contributed by atoms with E-state index in [2.05, 4.69) is 39.8 Å². The molecule has 0 aliphatic carbocycles. The van der Waals surface area contributed by atoms with E-state index in [-0.39, 0.29) is 30.6 Å². The lowest BCUT2D eigenvalue weighted by atomic mass is 9.95. The molecule has 0 unspecified atom stereocenters. The second kappa shape index (κ2) is 20.5. The molecule has 13 heteroatoms. The number of urea groups is 1. The van der Waals surface area contributed by atoms with Gasteiger partial charge in [0.15, 0.2) is 0 Å². The molecule has 2 aromatic carbocycles. The van der Waals surface area contributed by atoms with Crippen LogP contribution in [-0.2, 0) is 35.5 Å². The third-order valence-corrected chi connectivity index (χ3v) is 10.2. The Labute approximate surface area is 309 Å². The van der Waals surface area contributed by atoms with Crippen molar-refractivity contribution in [2.75, 3.05) is 27.7 Å². The number of carbonyl (C=O) groups is 3. The van der Waals surface area contributed by atoms with Crippen LogP contribution in [0.1, 0.15) is 65.7 Å². The van der Waals surface area contributed by atoms with Gasteiger partial charge in [0.05, 0.1) is 27.6 Å². The van der Waals surface area contributed by atoms with Gasteiger partial charge in [0, 0.05) is 36.6 Å². The molecule has 11 nitrogen and oxygen atoms in total. The summed E-state index contributed by atoms with van der Waals surface area (Å²) in [5.41, 5.74) is 4.69. The van der Waals surface area contributed by atoms with E-state index in [0.717, 1.165) is 26.7 Å². The predicted octanol–water partition coefficient (Wildman–Crippen LogP) is 6.23. The first-order valence-corrected chi connectivity index (χ1v) is 19.1. The Hall–Kier alpha value is -4.33. The summed E-state index contributed by atoms with van der Waals surface area (Å²) in [6.45, 7) is 5.30. The van der Waals surface area contributed by atoms with Crippen LogP contribution >= 0.6 is 22.7 Å². The molecule has 3 N–H and O–H groups in total. The fraction of sp³-hybridized carbons (Fsp3) is 0.447. The largest absolute Gasteiger partial charge is 0.444 e. The van der Waals surface area contributed by atoms with Crippen LogP contribution in [0.15, 0.2) is 77.8 Å². The average Bonchev–Trinajstić information content (AvgIpc) is 3.81. The summed E-state index contributed by atoms with van der Waals surface area (Å²) in [6.07, 6.45) is 4.00. The number of rotatable bonds is 19. The Morgan fingerprint density at radius 3 is 2.00 bits per heavy atom. The van der Waals surface area contributed by atoms with E-state index in [9.17, 15) is 14.4 Å². The highest BCUT2D eigenvalue weighted by atomic mass is 32.1. The van der Waals surface area contributed by atoms with Crippen LogP contribution in [0.3, 0.4) is 0 Å². The maximum atomic E-state index is 14.0. The average molecular weight is 734 g/mol. The van der Waals surface area contributed by atoms with Crippen LogP contribution in [0.4, 0.5) is 9.59 Å². The summed E-state index contributed by atoms with van der Waals surface area (Å²) in [5, 5.41) is 12.3. The van der Waals surface area contributed by atoms with Crippen molar-refractivity contribution in [3.8, 4) is 0 Å². The molecule has 0 saturated carbocycles. The van der Waals surface area contributed by atoms with Crippen LogP contribution in [0, 0.1) is 0 Å². The van der Waals surface area contributed by atoms with Crippen LogP contribution in [0.2, 0.25) is 0 Å². The van der Waals surface area contributed by atoms with Gasteiger partial charge in [0.1, 0.15) is 12.6 Å². The Bertz CT molecular complexity index is 1620. The molecule has 4 amide bonds. The lowest BCUT2D eigenvalue weighted by Crippen LogP contribution is -2.53. The van der Waals surface area contributed by atoms with E-state index >= 15 is 0 Å². The summed E-state index contributed by atoms with van der Waals surface area (Å²) < 4.78 is 5.50. The van der Waals surface area contributed by atoms with E-state index in [1.54, 1.807) is 35.0 Å². The molecule has 0 bridgehead atoms. The van der Waals surface area contributed by atoms with Crippen LogP contribution in [-0.4, -0.2) is 83.6 Å². The number of hydrogen-bond donors (Lipinski definition) is 3. The first kappa shape index (κ1) is 39.5. The summed E-state index contributed by atoms with van der Waals surface area (Å²) in [5.74, 6) is 0.0741. The van der Waals surface area contributed by atoms with Crippen molar-refractivity contribution in [2.45, 2.75) is 83.1 Å². The fourth-order valence-electron chi connectivity index (χ4n) is 5.50. The first-order valence-electron chi connectivity index (χ1n) is 17.3. The number of benzene rings is 2. The molecule has 51 heavy (non-hydrogen) atoms. The lowest BCUT2D eigenvalue weighted by Gasteiger charge is -2.27. The molecular weight excluding hydrogens is 683 g/mol. The smallest absolute Gasteiger partial charge is 0.407 e. The highest BCUT2D eigenvalue weighted by Gasteiger charge is 2.26. The number of thiazole rings is 2. The summed E-state index contributed by atoms with van der Waals surface area (Å²) in [7, 11) is 5.60. The van der Waals surface area contributed by atoms with Gasteiger partial charge in [-0.1, -0.05) is 74.5 Å². The molecule has 0 saturated heterocycles. The van der Waals surface area contributed by atoms with Crippen molar-refractivity contribution in [2.24, 2.45) is 0 Å². The number of alkyl carbamates (subject to hydrolysis) is 1. The van der Waals surface area contributed by atoms with Gasteiger partial charge < -0.3 is 30.5 Å². The van der Waals surface area contributed by atoms with Gasteiger partial charge in [-0.05, 0) is 63.9 Å². The van der Waals surface area contributed by atoms with Gasteiger partial charge in [0.2, 0.25) is 5.91 Å². The second-order valence-electron chi connectivity index (χ2n) is 13.3. The normalized spacial score (nSPS) is 13.0. The number of hydrogen-bond acceptors (Lipinski definition) is 9. The minimum atomic E-state index is -0.748. The second-order valence-corrected chi connectivity index (χ2v) is 15.2.